The molecule has 0 spiro atoms. The SMILES string of the molecule is CC(NC(=O)c1nc2cc3c(-c4ccncc4)[nH]n(C(c4ccccc4)(c4ccccc4)c4ccccc4)c3cc2n1)c1cccc(C2CC2)c1. The van der Waals surface area contributed by atoms with E-state index in [-0.39, 0.29) is 17.8 Å². The van der Waals surface area contributed by atoms with E-state index in [2.05, 4.69) is 123 Å². The Kier molecular flexibility index (Phi) is 7.54. The topological polar surface area (TPSA) is 88.5 Å². The number of nitrogens with zero attached hydrogens (tertiary/aromatic N) is 4. The van der Waals surface area contributed by atoms with Crippen LogP contribution in [0, 0.1) is 0 Å². The number of fused-ring (bicyclic) bond motifs is 2. The maximum absolute atomic E-state index is 13.7. The largest absolute Gasteiger partial charge is 0.343 e. The average Bonchev–Trinajstić information content (AvgIpc) is 3.87. The molecule has 248 valence electrons. The summed E-state index contributed by atoms with van der Waals surface area (Å²) in [4.78, 5) is 27.6. The lowest BCUT2D eigenvalue weighted by molar-refractivity contribution is 0.0930. The standard InChI is InChI=1S/C44H36N6O/c1-29(32-12-11-13-33(26-32)30-20-21-30)46-43(51)42-47-38-27-37-40(28-39(38)48-42)50(49-41(37)31-22-24-45-25-23-31)44(34-14-5-2-6-15-34,35-16-7-3-8-17-35)36-18-9-4-10-19-36/h2-19,22-30,49H,20-21H2,1H3,(H,46,51). The first-order chi connectivity index (χ1) is 25.1. The van der Waals surface area contributed by atoms with Crippen LogP contribution in [0.4, 0.5) is 0 Å². The van der Waals surface area contributed by atoms with Gasteiger partial charge in [0.25, 0.3) is 5.91 Å². The van der Waals surface area contributed by atoms with Gasteiger partial charge in [0.1, 0.15) is 5.54 Å². The number of amides is 1. The molecular formula is C44H36N6O. The van der Waals surface area contributed by atoms with E-state index >= 15 is 0 Å². The van der Waals surface area contributed by atoms with Gasteiger partial charge in [-0.3, -0.25) is 19.6 Å². The van der Waals surface area contributed by atoms with Gasteiger partial charge in [-0.2, -0.15) is 0 Å². The van der Waals surface area contributed by atoms with Crippen LogP contribution in [-0.4, -0.2) is 30.6 Å². The van der Waals surface area contributed by atoms with Gasteiger partial charge in [0.2, 0.25) is 5.82 Å². The van der Waals surface area contributed by atoms with E-state index in [1.54, 1.807) is 12.4 Å². The Bertz CT molecular complexity index is 2390. The Morgan fingerprint density at radius 3 is 1.92 bits per heavy atom. The Morgan fingerprint density at radius 1 is 0.745 bits per heavy atom. The van der Waals surface area contributed by atoms with Crippen LogP contribution in [0.5, 0.6) is 0 Å². The van der Waals surface area contributed by atoms with Crippen molar-refractivity contribution in [2.24, 2.45) is 0 Å². The van der Waals surface area contributed by atoms with Crippen molar-refractivity contribution in [3.8, 4) is 11.3 Å². The number of imidazole rings is 1. The summed E-state index contributed by atoms with van der Waals surface area (Å²) < 4.78 is 2.25. The van der Waals surface area contributed by atoms with E-state index in [4.69, 9.17) is 9.97 Å². The van der Waals surface area contributed by atoms with Crippen LogP contribution in [0.25, 0.3) is 33.2 Å². The zero-order valence-corrected chi connectivity index (χ0v) is 28.2. The molecule has 0 radical (unpaired) electrons. The fourth-order valence-corrected chi connectivity index (χ4v) is 7.49. The quantitative estimate of drug-likeness (QED) is 0.151. The molecule has 1 aliphatic carbocycles. The Hall–Kier alpha value is -6.34. The van der Waals surface area contributed by atoms with E-state index in [0.717, 1.165) is 44.4 Å². The minimum Gasteiger partial charge on any atom is -0.343 e. The number of carbonyl (C=O) groups excluding carboxylic acids is 1. The normalized spacial score (nSPS) is 13.7. The number of hydrogen-bond donors (Lipinski definition) is 2. The minimum atomic E-state index is -0.800. The first-order valence-corrected chi connectivity index (χ1v) is 17.5. The van der Waals surface area contributed by atoms with E-state index < -0.39 is 5.54 Å². The number of aromatic nitrogens is 5. The van der Waals surface area contributed by atoms with E-state index in [9.17, 15) is 4.79 Å². The van der Waals surface area contributed by atoms with Crippen LogP contribution in [-0.2, 0) is 5.54 Å². The molecule has 8 aromatic rings. The Balaban J connectivity index is 1.24. The highest BCUT2D eigenvalue weighted by Crippen LogP contribution is 2.44. The van der Waals surface area contributed by atoms with E-state index in [0.29, 0.717) is 17.0 Å². The van der Waals surface area contributed by atoms with Gasteiger partial charge in [-0.25, -0.2) is 9.97 Å². The van der Waals surface area contributed by atoms with Gasteiger partial charge in [0, 0.05) is 23.3 Å². The molecule has 1 fully saturated rings. The minimum absolute atomic E-state index is 0.157. The van der Waals surface area contributed by atoms with E-state index in [1.165, 1.54) is 18.4 Å². The Labute approximate surface area is 296 Å². The molecule has 3 aromatic heterocycles. The molecule has 1 amide bonds. The van der Waals surface area contributed by atoms with Gasteiger partial charge in [-0.05, 0) is 77.8 Å². The molecule has 3 heterocycles. The monoisotopic (exact) mass is 664 g/mol. The number of rotatable bonds is 9. The first kappa shape index (κ1) is 30.7. The third-order valence-electron chi connectivity index (χ3n) is 10.2. The van der Waals surface area contributed by atoms with Crippen molar-refractivity contribution in [2.75, 3.05) is 0 Å². The van der Waals surface area contributed by atoms with Crippen LogP contribution >= 0.6 is 0 Å². The number of hydrogen-bond acceptors (Lipinski definition) is 4. The van der Waals surface area contributed by atoms with Gasteiger partial charge in [0.15, 0.2) is 0 Å². The second kappa shape index (κ2) is 12.5. The molecule has 7 heteroatoms. The molecule has 1 unspecified atom stereocenters. The lowest BCUT2D eigenvalue weighted by Gasteiger charge is -2.37. The highest BCUT2D eigenvalue weighted by Gasteiger charge is 2.40. The summed E-state index contributed by atoms with van der Waals surface area (Å²) in [6, 6.07) is 48.2. The highest BCUT2D eigenvalue weighted by molar-refractivity contribution is 6.03. The maximum atomic E-state index is 13.7. The molecule has 9 rings (SSSR count). The summed E-state index contributed by atoms with van der Waals surface area (Å²) in [5.41, 5.74) is 9.01. The molecule has 0 saturated heterocycles. The second-order valence-electron chi connectivity index (χ2n) is 13.4. The second-order valence-corrected chi connectivity index (χ2v) is 13.4. The predicted molar refractivity (Wildman–Crippen MR) is 202 cm³/mol. The van der Waals surface area contributed by atoms with Crippen molar-refractivity contribution in [3.63, 3.8) is 0 Å². The van der Waals surface area contributed by atoms with Crippen LogP contribution in [0.15, 0.2) is 152 Å². The third-order valence-corrected chi connectivity index (χ3v) is 10.2. The Morgan fingerprint density at radius 2 is 1.33 bits per heavy atom. The van der Waals surface area contributed by atoms with Gasteiger partial charge in [-0.15, -0.1) is 0 Å². The number of pyridine rings is 1. The molecule has 2 N–H and O–H groups in total. The summed E-state index contributed by atoms with van der Waals surface area (Å²) in [6.45, 7) is 2.01. The lowest BCUT2D eigenvalue weighted by Crippen LogP contribution is -2.38. The van der Waals surface area contributed by atoms with Crippen LogP contribution in [0.3, 0.4) is 0 Å². The fourth-order valence-electron chi connectivity index (χ4n) is 7.49. The van der Waals surface area contributed by atoms with Crippen molar-refractivity contribution in [1.29, 1.82) is 0 Å². The molecule has 7 nitrogen and oxygen atoms in total. The molecule has 0 aliphatic heterocycles. The first-order valence-electron chi connectivity index (χ1n) is 17.5. The average molecular weight is 665 g/mol. The molecule has 1 saturated carbocycles. The number of carbonyl (C=O) groups is 1. The summed E-state index contributed by atoms with van der Waals surface area (Å²) in [5, 5.41) is 7.97. The van der Waals surface area contributed by atoms with Crippen LogP contribution in [0.2, 0.25) is 0 Å². The van der Waals surface area contributed by atoms with Crippen LogP contribution < -0.4 is 5.32 Å². The lowest BCUT2D eigenvalue weighted by atomic mass is 9.77. The summed E-state index contributed by atoms with van der Waals surface area (Å²) in [5.74, 6) is 0.506. The van der Waals surface area contributed by atoms with Gasteiger partial charge in [-0.1, -0.05) is 115 Å². The van der Waals surface area contributed by atoms with Gasteiger partial charge in [0.05, 0.1) is 28.3 Å². The van der Waals surface area contributed by atoms with Crippen molar-refractivity contribution in [1.82, 2.24) is 30.0 Å². The zero-order valence-electron chi connectivity index (χ0n) is 28.2. The fraction of sp³-hybridized carbons (Fsp3) is 0.136. The molecule has 5 aromatic carbocycles. The van der Waals surface area contributed by atoms with Gasteiger partial charge >= 0.3 is 0 Å². The van der Waals surface area contributed by atoms with Crippen molar-refractivity contribution in [3.05, 3.63) is 186 Å². The van der Waals surface area contributed by atoms with Crippen molar-refractivity contribution in [2.45, 2.75) is 37.3 Å². The summed E-state index contributed by atoms with van der Waals surface area (Å²) in [6.07, 6.45) is 6.07. The number of nitrogens with one attached hydrogen (secondary N) is 2. The predicted octanol–water partition coefficient (Wildman–Crippen LogP) is 9.18. The molecule has 1 atom stereocenters. The third kappa shape index (κ3) is 5.38. The molecular weight excluding hydrogens is 629 g/mol. The number of benzene rings is 5. The van der Waals surface area contributed by atoms with Crippen molar-refractivity contribution >= 4 is 27.8 Å². The smallest absolute Gasteiger partial charge is 0.289 e. The van der Waals surface area contributed by atoms with E-state index in [1.807, 2.05) is 43.3 Å². The van der Waals surface area contributed by atoms with Gasteiger partial charge < -0.3 is 5.32 Å². The zero-order chi connectivity index (χ0) is 34.4. The number of H-pyrrole nitrogens is 1. The number of aromatic amines is 1. The molecule has 1 aliphatic rings. The maximum Gasteiger partial charge on any atom is 0.289 e. The van der Waals surface area contributed by atoms with Crippen LogP contribution in [0.1, 0.15) is 70.2 Å². The summed E-state index contributed by atoms with van der Waals surface area (Å²) >= 11 is 0. The van der Waals surface area contributed by atoms with Crippen molar-refractivity contribution < 1.29 is 4.79 Å². The molecule has 51 heavy (non-hydrogen) atoms. The molecule has 0 bridgehead atoms. The summed E-state index contributed by atoms with van der Waals surface area (Å²) in [7, 11) is 0. The highest BCUT2D eigenvalue weighted by atomic mass is 16.2.